The molecule has 0 aliphatic carbocycles. The number of carbonyl (C=O) groups is 1. The number of thiophene rings is 1. The predicted molar refractivity (Wildman–Crippen MR) is 97.1 cm³/mol. The number of hydrogen-bond donors (Lipinski definition) is 1. The number of rotatable bonds is 5. The Morgan fingerprint density at radius 2 is 2.09 bits per heavy atom. The van der Waals surface area contributed by atoms with Gasteiger partial charge in [-0.1, -0.05) is 35.9 Å². The highest BCUT2D eigenvalue weighted by Gasteiger charge is 2.14. The molecule has 3 rings (SSSR count). The van der Waals surface area contributed by atoms with Crippen LogP contribution in [0.4, 0.5) is 0 Å². The fourth-order valence-corrected chi connectivity index (χ4v) is 4.20. The van der Waals surface area contributed by atoms with Crippen molar-refractivity contribution < 1.29 is 4.79 Å². The van der Waals surface area contributed by atoms with E-state index in [-0.39, 0.29) is 18.4 Å². The maximum atomic E-state index is 12.2. The Morgan fingerprint density at radius 3 is 2.83 bits per heavy atom. The van der Waals surface area contributed by atoms with E-state index in [9.17, 15) is 4.79 Å². The van der Waals surface area contributed by atoms with Gasteiger partial charge in [-0.3, -0.25) is 4.79 Å². The monoisotopic (exact) mass is 362 g/mol. The second-order valence-electron chi connectivity index (χ2n) is 5.11. The quantitative estimate of drug-likeness (QED) is 0.698. The summed E-state index contributed by atoms with van der Waals surface area (Å²) in [5, 5.41) is 8.56. The van der Waals surface area contributed by atoms with Crippen molar-refractivity contribution in [3.05, 3.63) is 63.4 Å². The molecule has 23 heavy (non-hydrogen) atoms. The third-order valence-corrected chi connectivity index (χ3v) is 5.65. The number of amides is 1. The van der Waals surface area contributed by atoms with Gasteiger partial charge in [0.1, 0.15) is 5.01 Å². The van der Waals surface area contributed by atoms with E-state index >= 15 is 0 Å². The maximum absolute atomic E-state index is 12.2. The van der Waals surface area contributed by atoms with E-state index in [1.807, 2.05) is 54.1 Å². The van der Waals surface area contributed by atoms with Crippen molar-refractivity contribution in [2.45, 2.75) is 19.4 Å². The second kappa shape index (κ2) is 7.25. The summed E-state index contributed by atoms with van der Waals surface area (Å²) in [5.41, 5.74) is 1.71. The molecule has 1 N–H and O–H groups in total. The molecule has 6 heteroatoms. The van der Waals surface area contributed by atoms with Crippen molar-refractivity contribution in [1.29, 1.82) is 0 Å². The molecular weight excluding hydrogens is 348 g/mol. The number of nitrogens with zero attached hydrogens (tertiary/aromatic N) is 1. The number of carbonyl (C=O) groups excluding carboxylic acids is 1. The summed E-state index contributed by atoms with van der Waals surface area (Å²) >= 11 is 9.38. The Kier molecular flexibility index (Phi) is 5.10. The second-order valence-corrected chi connectivity index (χ2v) is 7.32. The summed E-state index contributed by atoms with van der Waals surface area (Å²) in [6, 6.07) is 11.4. The van der Waals surface area contributed by atoms with E-state index in [1.165, 1.54) is 0 Å². The van der Waals surface area contributed by atoms with Gasteiger partial charge in [-0.2, -0.15) is 0 Å². The molecule has 3 aromatic rings. The first-order valence-electron chi connectivity index (χ1n) is 7.15. The normalized spacial score (nSPS) is 12.1. The minimum Gasteiger partial charge on any atom is -0.349 e. The number of thiazole rings is 1. The summed E-state index contributed by atoms with van der Waals surface area (Å²) in [4.78, 5) is 17.9. The third kappa shape index (κ3) is 3.99. The first kappa shape index (κ1) is 16.2. The SMILES string of the molecule is CC(NC(=O)Cc1csc(-c2cccs2)n1)c1ccccc1Cl. The van der Waals surface area contributed by atoms with Crippen LogP contribution in [0.25, 0.3) is 9.88 Å². The van der Waals surface area contributed by atoms with E-state index in [2.05, 4.69) is 10.3 Å². The van der Waals surface area contributed by atoms with Crippen LogP contribution in [-0.2, 0) is 11.2 Å². The van der Waals surface area contributed by atoms with Gasteiger partial charge in [0, 0.05) is 10.4 Å². The van der Waals surface area contributed by atoms with Crippen LogP contribution in [0.3, 0.4) is 0 Å². The molecule has 1 atom stereocenters. The van der Waals surface area contributed by atoms with Crippen LogP contribution >= 0.6 is 34.3 Å². The van der Waals surface area contributed by atoms with Crippen LogP contribution in [0.2, 0.25) is 5.02 Å². The summed E-state index contributed by atoms with van der Waals surface area (Å²) in [7, 11) is 0. The maximum Gasteiger partial charge on any atom is 0.226 e. The van der Waals surface area contributed by atoms with Crippen molar-refractivity contribution in [2.75, 3.05) is 0 Å². The summed E-state index contributed by atoms with van der Waals surface area (Å²) in [5.74, 6) is -0.0551. The summed E-state index contributed by atoms with van der Waals surface area (Å²) in [6.45, 7) is 1.93. The molecule has 0 saturated carbocycles. The lowest BCUT2D eigenvalue weighted by atomic mass is 10.1. The molecule has 0 fully saturated rings. The number of hydrogen-bond acceptors (Lipinski definition) is 4. The van der Waals surface area contributed by atoms with Crippen molar-refractivity contribution in [3.8, 4) is 9.88 Å². The Hall–Kier alpha value is -1.69. The highest BCUT2D eigenvalue weighted by molar-refractivity contribution is 7.20. The fourth-order valence-electron chi connectivity index (χ4n) is 2.26. The zero-order valence-corrected chi connectivity index (χ0v) is 14.8. The molecule has 2 heterocycles. The Balaban J connectivity index is 1.62. The third-order valence-electron chi connectivity index (χ3n) is 3.37. The largest absolute Gasteiger partial charge is 0.349 e. The van der Waals surface area contributed by atoms with Crippen LogP contribution in [0, 0.1) is 0 Å². The van der Waals surface area contributed by atoms with Gasteiger partial charge in [-0.15, -0.1) is 22.7 Å². The van der Waals surface area contributed by atoms with Gasteiger partial charge >= 0.3 is 0 Å². The molecule has 2 aromatic heterocycles. The molecule has 0 radical (unpaired) electrons. The van der Waals surface area contributed by atoms with Gasteiger partial charge in [-0.25, -0.2) is 4.98 Å². The lowest BCUT2D eigenvalue weighted by Crippen LogP contribution is -2.28. The molecule has 1 amide bonds. The average molecular weight is 363 g/mol. The highest BCUT2D eigenvalue weighted by atomic mass is 35.5. The van der Waals surface area contributed by atoms with E-state index in [0.29, 0.717) is 5.02 Å². The van der Waals surface area contributed by atoms with Crippen LogP contribution in [0.1, 0.15) is 24.2 Å². The molecule has 118 valence electrons. The smallest absolute Gasteiger partial charge is 0.226 e. The van der Waals surface area contributed by atoms with E-state index in [0.717, 1.165) is 21.1 Å². The number of aromatic nitrogens is 1. The topological polar surface area (TPSA) is 42.0 Å². The van der Waals surface area contributed by atoms with Crippen LogP contribution in [0.15, 0.2) is 47.2 Å². The van der Waals surface area contributed by atoms with Crippen molar-refractivity contribution >= 4 is 40.2 Å². The molecule has 1 unspecified atom stereocenters. The van der Waals surface area contributed by atoms with Crippen LogP contribution in [0.5, 0.6) is 0 Å². The zero-order valence-electron chi connectivity index (χ0n) is 12.5. The molecule has 0 spiro atoms. The average Bonchev–Trinajstić information content (AvgIpc) is 3.18. The summed E-state index contributed by atoms with van der Waals surface area (Å²) in [6.07, 6.45) is 0.274. The molecule has 0 saturated heterocycles. The minimum absolute atomic E-state index is 0.0551. The van der Waals surface area contributed by atoms with Crippen LogP contribution in [-0.4, -0.2) is 10.9 Å². The van der Waals surface area contributed by atoms with E-state index in [4.69, 9.17) is 11.6 Å². The highest BCUT2D eigenvalue weighted by Crippen LogP contribution is 2.28. The van der Waals surface area contributed by atoms with Gasteiger partial charge in [-0.05, 0) is 30.0 Å². The predicted octanol–water partition coefficient (Wildman–Crippen LogP) is 4.94. The molecule has 1 aromatic carbocycles. The van der Waals surface area contributed by atoms with Crippen molar-refractivity contribution in [3.63, 3.8) is 0 Å². The van der Waals surface area contributed by atoms with Gasteiger partial charge in [0.05, 0.1) is 23.0 Å². The zero-order chi connectivity index (χ0) is 16.2. The molecule has 0 aliphatic rings. The van der Waals surface area contributed by atoms with Gasteiger partial charge < -0.3 is 5.32 Å². The Labute approximate surface area is 148 Å². The van der Waals surface area contributed by atoms with Gasteiger partial charge in [0.2, 0.25) is 5.91 Å². The molecular formula is C17H15ClN2OS2. The first-order chi connectivity index (χ1) is 11.1. The van der Waals surface area contributed by atoms with Crippen LogP contribution < -0.4 is 5.32 Å². The van der Waals surface area contributed by atoms with Crippen molar-refractivity contribution in [2.24, 2.45) is 0 Å². The van der Waals surface area contributed by atoms with Crippen molar-refractivity contribution in [1.82, 2.24) is 10.3 Å². The van der Waals surface area contributed by atoms with E-state index in [1.54, 1.807) is 22.7 Å². The Morgan fingerprint density at radius 1 is 1.26 bits per heavy atom. The van der Waals surface area contributed by atoms with E-state index < -0.39 is 0 Å². The number of halogens is 1. The first-order valence-corrected chi connectivity index (χ1v) is 9.29. The number of nitrogens with one attached hydrogen (secondary N) is 1. The molecule has 0 bridgehead atoms. The lowest BCUT2D eigenvalue weighted by Gasteiger charge is -2.15. The molecule has 3 nitrogen and oxygen atoms in total. The molecule has 0 aliphatic heterocycles. The lowest BCUT2D eigenvalue weighted by molar-refractivity contribution is -0.121. The standard InChI is InChI=1S/C17H15ClN2OS2/c1-11(13-5-2-3-6-14(13)18)19-16(21)9-12-10-23-17(20-12)15-7-4-8-22-15/h2-8,10-11H,9H2,1H3,(H,19,21). The Bertz CT molecular complexity index is 799. The number of benzene rings is 1. The van der Waals surface area contributed by atoms with Gasteiger partial charge in [0.25, 0.3) is 0 Å². The van der Waals surface area contributed by atoms with Gasteiger partial charge in [0.15, 0.2) is 0 Å². The fraction of sp³-hybridized carbons (Fsp3) is 0.176. The summed E-state index contributed by atoms with van der Waals surface area (Å²) < 4.78 is 0. The minimum atomic E-state index is -0.133.